The fourth-order valence-electron chi connectivity index (χ4n) is 3.22. The predicted molar refractivity (Wildman–Crippen MR) is 124 cm³/mol. The van der Waals surface area contributed by atoms with Crippen molar-refractivity contribution < 1.29 is 18.5 Å². The van der Waals surface area contributed by atoms with E-state index in [1.165, 1.54) is 0 Å². The van der Waals surface area contributed by atoms with Crippen LogP contribution in [0.2, 0.25) is 0 Å². The highest BCUT2D eigenvalue weighted by Crippen LogP contribution is 2.30. The van der Waals surface area contributed by atoms with Crippen molar-refractivity contribution in [3.05, 3.63) is 84.4 Å². The molecule has 0 atom stereocenters. The lowest BCUT2D eigenvalue weighted by molar-refractivity contribution is 0.199. The second-order valence-corrected chi connectivity index (χ2v) is 7.86. The Kier molecular flexibility index (Phi) is 6.81. The second kappa shape index (κ2) is 10.1. The highest BCUT2D eigenvalue weighted by molar-refractivity contribution is 7.98. The third kappa shape index (κ3) is 5.15. The monoisotopic (exact) mass is 449 g/mol. The van der Waals surface area contributed by atoms with E-state index in [1.54, 1.807) is 36.1 Å². The smallest absolute Gasteiger partial charge is 0.322 e. The van der Waals surface area contributed by atoms with Crippen molar-refractivity contribution in [2.24, 2.45) is 0 Å². The van der Waals surface area contributed by atoms with E-state index in [0.29, 0.717) is 35.2 Å². The number of methoxy groups -OCH3 is 1. The molecule has 0 bridgehead atoms. The summed E-state index contributed by atoms with van der Waals surface area (Å²) in [5.41, 5.74) is 2.13. The van der Waals surface area contributed by atoms with Crippen molar-refractivity contribution >= 4 is 23.5 Å². The summed E-state index contributed by atoms with van der Waals surface area (Å²) in [5, 5.41) is 7.10. The predicted octanol–water partition coefficient (Wildman–Crippen LogP) is 5.90. The molecule has 7 nitrogen and oxygen atoms in total. The lowest BCUT2D eigenvalue weighted by Gasteiger charge is -2.21. The number of hydrogen-bond acceptors (Lipinski definition) is 6. The summed E-state index contributed by atoms with van der Waals surface area (Å²) in [7, 11) is 1.61. The number of para-hydroxylation sites is 1. The fraction of sp³-hybridized carbons (Fsp3) is 0.167. The van der Waals surface area contributed by atoms with Crippen LogP contribution in [-0.4, -0.2) is 29.5 Å². The standard InChI is InChI=1S/C24H23N3O4S/c1-29-22-8-4-3-7-21(22)23-14-18(26-31-23)15-27(16-19-6-5-13-30-19)24(28)25-17-9-11-20(32-2)12-10-17/h3-14H,15-16H2,1-2H3,(H,25,28). The summed E-state index contributed by atoms with van der Waals surface area (Å²) < 4.78 is 16.4. The second-order valence-electron chi connectivity index (χ2n) is 6.98. The molecule has 0 saturated heterocycles. The minimum atomic E-state index is -0.264. The van der Waals surface area contributed by atoms with Gasteiger partial charge in [-0.25, -0.2) is 4.79 Å². The maximum atomic E-state index is 13.1. The highest BCUT2D eigenvalue weighted by Gasteiger charge is 2.19. The third-order valence-electron chi connectivity index (χ3n) is 4.84. The molecular weight excluding hydrogens is 426 g/mol. The SMILES string of the molecule is COc1ccccc1-c1cc(CN(Cc2ccco2)C(=O)Nc2ccc(SC)cc2)no1. The van der Waals surface area contributed by atoms with E-state index >= 15 is 0 Å². The van der Waals surface area contributed by atoms with Crippen LogP contribution < -0.4 is 10.1 Å². The van der Waals surface area contributed by atoms with Crippen LogP contribution in [-0.2, 0) is 13.1 Å². The van der Waals surface area contributed by atoms with E-state index in [2.05, 4.69) is 10.5 Å². The number of nitrogens with one attached hydrogen (secondary N) is 1. The number of ether oxygens (including phenoxy) is 1. The van der Waals surface area contributed by atoms with Crippen LogP contribution in [0.1, 0.15) is 11.5 Å². The van der Waals surface area contributed by atoms with Gasteiger partial charge in [-0.3, -0.25) is 0 Å². The van der Waals surface area contributed by atoms with Gasteiger partial charge in [0.1, 0.15) is 17.2 Å². The normalized spacial score (nSPS) is 10.7. The molecule has 0 aliphatic rings. The number of carbonyl (C=O) groups excluding carboxylic acids is 1. The van der Waals surface area contributed by atoms with Gasteiger partial charge in [-0.15, -0.1) is 11.8 Å². The van der Waals surface area contributed by atoms with Gasteiger partial charge in [0, 0.05) is 16.6 Å². The Balaban J connectivity index is 1.53. The number of furan rings is 1. The Labute approximate surface area is 190 Å². The minimum absolute atomic E-state index is 0.244. The average Bonchev–Trinajstić information content (AvgIpc) is 3.51. The fourth-order valence-corrected chi connectivity index (χ4v) is 3.63. The van der Waals surface area contributed by atoms with Crippen LogP contribution in [0.25, 0.3) is 11.3 Å². The molecule has 0 spiro atoms. The van der Waals surface area contributed by atoms with Gasteiger partial charge in [-0.05, 0) is 54.8 Å². The van der Waals surface area contributed by atoms with Gasteiger partial charge in [-0.1, -0.05) is 17.3 Å². The molecule has 8 heteroatoms. The highest BCUT2D eigenvalue weighted by atomic mass is 32.2. The van der Waals surface area contributed by atoms with Crippen molar-refractivity contribution in [2.45, 2.75) is 18.0 Å². The molecule has 0 aliphatic heterocycles. The summed E-state index contributed by atoms with van der Waals surface area (Å²) in [6.07, 6.45) is 3.60. The molecule has 2 heterocycles. The molecule has 1 N–H and O–H groups in total. The van der Waals surface area contributed by atoms with Crippen molar-refractivity contribution in [3.63, 3.8) is 0 Å². The molecule has 2 aromatic heterocycles. The number of aromatic nitrogens is 1. The van der Waals surface area contributed by atoms with Gasteiger partial charge >= 0.3 is 6.03 Å². The molecule has 4 rings (SSSR count). The number of nitrogens with zero attached hydrogens (tertiary/aromatic N) is 2. The maximum absolute atomic E-state index is 13.1. The number of hydrogen-bond donors (Lipinski definition) is 1. The van der Waals surface area contributed by atoms with Crippen LogP contribution in [0.5, 0.6) is 5.75 Å². The Hall–Kier alpha value is -3.65. The average molecular weight is 450 g/mol. The number of carbonyl (C=O) groups is 1. The molecule has 32 heavy (non-hydrogen) atoms. The van der Waals surface area contributed by atoms with Crippen LogP contribution in [0.15, 0.2) is 86.8 Å². The minimum Gasteiger partial charge on any atom is -0.496 e. The number of benzene rings is 2. The van der Waals surface area contributed by atoms with E-state index in [0.717, 1.165) is 10.5 Å². The molecule has 2 amide bonds. The van der Waals surface area contributed by atoms with Gasteiger partial charge < -0.3 is 23.9 Å². The summed E-state index contributed by atoms with van der Waals surface area (Å²) >= 11 is 1.65. The Bertz CT molecular complexity index is 1160. The lowest BCUT2D eigenvalue weighted by atomic mass is 10.1. The Morgan fingerprint density at radius 1 is 1.09 bits per heavy atom. The Morgan fingerprint density at radius 2 is 1.91 bits per heavy atom. The van der Waals surface area contributed by atoms with Crippen molar-refractivity contribution in [2.75, 3.05) is 18.7 Å². The van der Waals surface area contributed by atoms with Gasteiger partial charge in [-0.2, -0.15) is 0 Å². The van der Waals surface area contributed by atoms with Crippen molar-refractivity contribution in [1.29, 1.82) is 0 Å². The van der Waals surface area contributed by atoms with E-state index in [-0.39, 0.29) is 12.6 Å². The van der Waals surface area contributed by atoms with Crippen molar-refractivity contribution in [1.82, 2.24) is 10.1 Å². The van der Waals surface area contributed by atoms with E-state index < -0.39 is 0 Å². The quantitative estimate of drug-likeness (QED) is 0.337. The lowest BCUT2D eigenvalue weighted by Crippen LogP contribution is -2.34. The number of thioether (sulfide) groups is 1. The topological polar surface area (TPSA) is 80.7 Å². The molecule has 0 radical (unpaired) electrons. The van der Waals surface area contributed by atoms with Crippen LogP contribution in [0, 0.1) is 0 Å². The van der Waals surface area contributed by atoms with Gasteiger partial charge in [0.15, 0.2) is 5.76 Å². The van der Waals surface area contributed by atoms with Gasteiger partial charge in [0.2, 0.25) is 0 Å². The molecule has 2 aromatic carbocycles. The summed E-state index contributed by atoms with van der Waals surface area (Å²) in [4.78, 5) is 15.8. The molecule has 0 aliphatic carbocycles. The zero-order valence-corrected chi connectivity index (χ0v) is 18.6. The van der Waals surface area contributed by atoms with Crippen LogP contribution in [0.3, 0.4) is 0 Å². The first-order chi connectivity index (χ1) is 15.7. The summed E-state index contributed by atoms with van der Waals surface area (Å²) in [5.74, 6) is 1.93. The summed E-state index contributed by atoms with van der Waals surface area (Å²) in [6, 6.07) is 20.4. The number of rotatable bonds is 8. The molecule has 0 fully saturated rings. The number of amides is 2. The molecule has 0 unspecified atom stereocenters. The van der Waals surface area contributed by atoms with Gasteiger partial charge in [0.05, 0.1) is 32.0 Å². The number of anilines is 1. The van der Waals surface area contributed by atoms with E-state index in [4.69, 9.17) is 13.7 Å². The molecule has 0 saturated carbocycles. The van der Waals surface area contributed by atoms with Crippen LogP contribution in [0.4, 0.5) is 10.5 Å². The molecule has 164 valence electrons. The van der Waals surface area contributed by atoms with E-state index in [1.807, 2.05) is 66.9 Å². The molecule has 4 aromatic rings. The molecular formula is C24H23N3O4S. The zero-order chi connectivity index (χ0) is 22.3. The zero-order valence-electron chi connectivity index (χ0n) is 17.8. The summed E-state index contributed by atoms with van der Waals surface area (Å²) in [6.45, 7) is 0.534. The van der Waals surface area contributed by atoms with E-state index in [9.17, 15) is 4.79 Å². The first-order valence-corrected chi connectivity index (χ1v) is 11.2. The third-order valence-corrected chi connectivity index (χ3v) is 5.58. The Morgan fingerprint density at radius 3 is 2.62 bits per heavy atom. The van der Waals surface area contributed by atoms with Gasteiger partial charge in [0.25, 0.3) is 0 Å². The first kappa shape index (κ1) is 21.6. The first-order valence-electron chi connectivity index (χ1n) is 9.97. The largest absolute Gasteiger partial charge is 0.496 e. The number of urea groups is 1. The van der Waals surface area contributed by atoms with Crippen molar-refractivity contribution in [3.8, 4) is 17.1 Å². The maximum Gasteiger partial charge on any atom is 0.322 e. The van der Waals surface area contributed by atoms with Crippen LogP contribution >= 0.6 is 11.8 Å².